The van der Waals surface area contributed by atoms with E-state index in [0.717, 1.165) is 22.5 Å². The van der Waals surface area contributed by atoms with Gasteiger partial charge in [0.25, 0.3) is 0 Å². The second-order valence-corrected chi connectivity index (χ2v) is 7.07. The third-order valence-electron chi connectivity index (χ3n) is 4.71. The van der Waals surface area contributed by atoms with Crippen molar-refractivity contribution in [3.63, 3.8) is 0 Å². The molecule has 0 saturated carbocycles. The predicted octanol–water partition coefficient (Wildman–Crippen LogP) is 3.74. The van der Waals surface area contributed by atoms with E-state index in [1.807, 2.05) is 42.5 Å². The number of nitrogens with one attached hydrogen (secondary N) is 1. The van der Waals surface area contributed by atoms with Crippen molar-refractivity contribution in [1.82, 2.24) is 9.55 Å². The number of imidazole rings is 1. The molecule has 1 aromatic heterocycles. The highest BCUT2D eigenvalue weighted by Crippen LogP contribution is 2.23. The van der Waals surface area contributed by atoms with Gasteiger partial charge in [-0.05, 0) is 42.0 Å². The van der Waals surface area contributed by atoms with Crippen LogP contribution in [-0.4, -0.2) is 22.1 Å². The Balaban J connectivity index is 1.49. The molecule has 0 fully saturated rings. The number of carboxylic acid groups (broad SMARTS) is 1. The third-order valence-corrected chi connectivity index (χ3v) is 5.03. The molecule has 0 aliphatic carbocycles. The number of aromatic nitrogens is 2. The van der Waals surface area contributed by atoms with Gasteiger partial charge in [0.05, 0.1) is 35.1 Å². The fourth-order valence-electron chi connectivity index (χ4n) is 3.22. The summed E-state index contributed by atoms with van der Waals surface area (Å²) < 4.78 is 7.96. The number of benzene rings is 3. The van der Waals surface area contributed by atoms with Crippen LogP contribution in [0.2, 0.25) is 5.02 Å². The molecule has 1 N–H and O–H groups in total. The van der Waals surface area contributed by atoms with Crippen LogP contribution in [0, 0.1) is 0 Å². The van der Waals surface area contributed by atoms with Crippen molar-refractivity contribution < 1.29 is 14.6 Å². The van der Waals surface area contributed by atoms with Gasteiger partial charge in [-0.15, -0.1) is 0 Å². The average molecular weight is 421 g/mol. The summed E-state index contributed by atoms with van der Waals surface area (Å²) >= 11 is 6.16. The molecule has 30 heavy (non-hydrogen) atoms. The zero-order valence-electron chi connectivity index (χ0n) is 16.0. The summed E-state index contributed by atoms with van der Waals surface area (Å²) in [5, 5.41) is 14.8. The number of anilines is 1. The molecule has 0 aliphatic heterocycles. The monoisotopic (exact) mass is 420 g/mol. The maximum Gasteiger partial charge on any atom is 0.137 e. The van der Waals surface area contributed by atoms with Gasteiger partial charge in [0.1, 0.15) is 18.2 Å². The summed E-state index contributed by atoms with van der Waals surface area (Å²) in [5.41, 5.74) is 2.86. The van der Waals surface area contributed by atoms with Crippen molar-refractivity contribution in [2.75, 3.05) is 11.9 Å². The van der Waals surface area contributed by atoms with Crippen LogP contribution in [0.15, 0.2) is 72.8 Å². The lowest BCUT2D eigenvalue weighted by molar-refractivity contribution is -0.255. The molecule has 6 nitrogen and oxygen atoms in total. The van der Waals surface area contributed by atoms with E-state index < -0.39 is 5.97 Å². The highest BCUT2D eigenvalue weighted by atomic mass is 35.5. The third kappa shape index (κ3) is 4.39. The van der Waals surface area contributed by atoms with Crippen molar-refractivity contribution in [2.45, 2.75) is 13.1 Å². The molecule has 1 heterocycles. The number of carboxylic acids is 1. The number of fused-ring (bicyclic) bond motifs is 1. The zero-order valence-corrected chi connectivity index (χ0v) is 16.8. The molecule has 152 valence electrons. The lowest BCUT2D eigenvalue weighted by atomic mass is 10.2. The highest BCUT2D eigenvalue weighted by Gasteiger charge is 2.11. The smallest absolute Gasteiger partial charge is 0.137 e. The number of carbonyl (C=O) groups is 1. The Morgan fingerprint density at radius 3 is 2.53 bits per heavy atom. The van der Waals surface area contributed by atoms with Crippen LogP contribution in [0.3, 0.4) is 0 Å². The number of hydrogen-bond acceptors (Lipinski definition) is 5. The lowest BCUT2D eigenvalue weighted by Crippen LogP contribution is -2.22. The number of para-hydroxylation sites is 3. The molecule has 3 aromatic carbocycles. The topological polar surface area (TPSA) is 79.2 Å². The molecule has 0 unspecified atom stereocenters. The number of nitrogens with zero attached hydrogens (tertiary/aromatic N) is 2. The summed E-state index contributed by atoms with van der Waals surface area (Å²) in [4.78, 5) is 15.6. The van der Waals surface area contributed by atoms with E-state index in [4.69, 9.17) is 21.3 Å². The Morgan fingerprint density at radius 1 is 1.03 bits per heavy atom. The van der Waals surface area contributed by atoms with Gasteiger partial charge < -0.3 is 24.5 Å². The molecule has 0 radical (unpaired) electrons. The van der Waals surface area contributed by atoms with E-state index in [1.165, 1.54) is 12.1 Å². The quantitative estimate of drug-likeness (QED) is 0.469. The standard InChI is InChI=1S/C23H20ClN3O3/c24-18-5-1-4-8-21(18)30-14-13-27-20-7-3-2-6-19(20)26-22(27)15-25-17-11-9-16(10-12-17)23(28)29/h1-12,25H,13-15H2,(H,28,29)/p-1. The van der Waals surface area contributed by atoms with Gasteiger partial charge in [-0.2, -0.15) is 0 Å². The highest BCUT2D eigenvalue weighted by molar-refractivity contribution is 6.32. The maximum absolute atomic E-state index is 10.9. The molecule has 7 heteroatoms. The molecule has 0 amide bonds. The summed E-state index contributed by atoms with van der Waals surface area (Å²) in [6, 6.07) is 21.7. The Morgan fingerprint density at radius 2 is 1.77 bits per heavy atom. The van der Waals surface area contributed by atoms with E-state index in [-0.39, 0.29) is 5.56 Å². The van der Waals surface area contributed by atoms with Crippen molar-refractivity contribution in [3.05, 3.63) is 89.2 Å². The van der Waals surface area contributed by atoms with Crippen LogP contribution in [0.1, 0.15) is 16.2 Å². The SMILES string of the molecule is O=C([O-])c1ccc(NCc2nc3ccccc3n2CCOc2ccccc2Cl)cc1. The average Bonchev–Trinajstić information content (AvgIpc) is 3.11. The number of ether oxygens (including phenoxy) is 1. The molecule has 4 rings (SSSR count). The first-order chi connectivity index (χ1) is 14.6. The number of carbonyl (C=O) groups excluding carboxylic acids is 1. The van der Waals surface area contributed by atoms with Crippen LogP contribution in [-0.2, 0) is 13.1 Å². The van der Waals surface area contributed by atoms with Gasteiger partial charge in [-0.3, -0.25) is 0 Å². The Kier molecular flexibility index (Phi) is 5.86. The van der Waals surface area contributed by atoms with Crippen molar-refractivity contribution >= 4 is 34.3 Å². The number of rotatable bonds is 8. The van der Waals surface area contributed by atoms with Gasteiger partial charge in [0, 0.05) is 5.69 Å². The van der Waals surface area contributed by atoms with Crippen molar-refractivity contribution in [1.29, 1.82) is 0 Å². The van der Waals surface area contributed by atoms with E-state index in [0.29, 0.717) is 30.5 Å². The summed E-state index contributed by atoms with van der Waals surface area (Å²) in [5.74, 6) is 0.307. The summed E-state index contributed by atoms with van der Waals surface area (Å²) in [7, 11) is 0. The Bertz CT molecular complexity index is 1170. The maximum atomic E-state index is 10.9. The van der Waals surface area contributed by atoms with Crippen molar-refractivity contribution in [3.8, 4) is 5.75 Å². The lowest BCUT2D eigenvalue weighted by Gasteiger charge is -2.13. The molecule has 0 bridgehead atoms. The van der Waals surface area contributed by atoms with E-state index in [9.17, 15) is 9.90 Å². The second kappa shape index (κ2) is 8.88. The predicted molar refractivity (Wildman–Crippen MR) is 115 cm³/mol. The number of hydrogen-bond donors (Lipinski definition) is 1. The van der Waals surface area contributed by atoms with Crippen LogP contribution in [0.5, 0.6) is 5.75 Å². The fraction of sp³-hybridized carbons (Fsp3) is 0.130. The number of aromatic carboxylic acids is 1. The zero-order chi connectivity index (χ0) is 20.9. The van der Waals surface area contributed by atoms with Crippen LogP contribution < -0.4 is 15.2 Å². The minimum Gasteiger partial charge on any atom is -0.545 e. The van der Waals surface area contributed by atoms with Gasteiger partial charge in [0.2, 0.25) is 0 Å². The molecule has 0 aliphatic rings. The van der Waals surface area contributed by atoms with Crippen molar-refractivity contribution in [2.24, 2.45) is 0 Å². The first kappa shape index (κ1) is 19.8. The molecular weight excluding hydrogens is 402 g/mol. The van der Waals surface area contributed by atoms with Crippen LogP contribution in [0.4, 0.5) is 5.69 Å². The minimum atomic E-state index is -1.19. The first-order valence-corrected chi connectivity index (χ1v) is 9.86. The largest absolute Gasteiger partial charge is 0.545 e. The van der Waals surface area contributed by atoms with Gasteiger partial charge in [-0.1, -0.05) is 48.0 Å². The Labute approximate surface area is 178 Å². The normalized spacial score (nSPS) is 10.8. The minimum absolute atomic E-state index is 0.143. The van der Waals surface area contributed by atoms with E-state index >= 15 is 0 Å². The van der Waals surface area contributed by atoms with Gasteiger partial charge in [0.15, 0.2) is 0 Å². The van der Waals surface area contributed by atoms with Crippen LogP contribution in [0.25, 0.3) is 11.0 Å². The molecule has 4 aromatic rings. The summed E-state index contributed by atoms with van der Waals surface area (Å²) in [6.07, 6.45) is 0. The van der Waals surface area contributed by atoms with Gasteiger partial charge >= 0.3 is 0 Å². The molecule has 0 atom stereocenters. The van der Waals surface area contributed by atoms with Crippen LogP contribution >= 0.6 is 11.6 Å². The molecule has 0 spiro atoms. The fourth-order valence-corrected chi connectivity index (χ4v) is 3.41. The second-order valence-electron chi connectivity index (χ2n) is 6.67. The molecular formula is C23H19ClN3O3-. The van der Waals surface area contributed by atoms with Gasteiger partial charge in [-0.25, -0.2) is 4.98 Å². The molecule has 0 saturated heterocycles. The first-order valence-electron chi connectivity index (χ1n) is 9.48. The number of halogens is 1. The Hall–Kier alpha value is -3.51. The van der Waals surface area contributed by atoms with E-state index in [2.05, 4.69) is 9.88 Å². The van der Waals surface area contributed by atoms with E-state index in [1.54, 1.807) is 18.2 Å². The summed E-state index contributed by atoms with van der Waals surface area (Å²) in [6.45, 7) is 1.52.